The first kappa shape index (κ1) is 15.5. The molecule has 1 aliphatic rings. The molecule has 1 unspecified atom stereocenters. The minimum absolute atomic E-state index is 0.165. The molecule has 1 N–H and O–H groups in total. The number of hydrogen-bond donors (Lipinski definition) is 1. The van der Waals surface area contributed by atoms with Crippen molar-refractivity contribution >= 4 is 10.0 Å². The molecule has 0 aromatic carbocycles. The fourth-order valence-corrected chi connectivity index (χ4v) is 4.34. The third-order valence-electron chi connectivity index (χ3n) is 3.83. The second kappa shape index (κ2) is 5.85. The van der Waals surface area contributed by atoms with Crippen LogP contribution in [0.4, 0.5) is 0 Å². The number of aliphatic hydroxyl groups is 1. The lowest BCUT2D eigenvalue weighted by molar-refractivity contribution is 0.135. The van der Waals surface area contributed by atoms with Crippen LogP contribution in [-0.2, 0) is 16.6 Å². The molecular formula is C13H22N2O4S. The van der Waals surface area contributed by atoms with Gasteiger partial charge < -0.3 is 9.52 Å². The van der Waals surface area contributed by atoms with Gasteiger partial charge in [0.15, 0.2) is 0 Å². The number of sulfonamides is 1. The summed E-state index contributed by atoms with van der Waals surface area (Å²) in [5.41, 5.74) is 0. The van der Waals surface area contributed by atoms with Crippen molar-refractivity contribution < 1.29 is 17.9 Å². The first-order valence-corrected chi connectivity index (χ1v) is 8.28. The summed E-state index contributed by atoms with van der Waals surface area (Å²) in [5, 5.41) is 9.05. The lowest BCUT2D eigenvalue weighted by Crippen LogP contribution is -2.53. The second-order valence-corrected chi connectivity index (χ2v) is 7.04. The first-order valence-electron chi connectivity index (χ1n) is 6.84. The summed E-state index contributed by atoms with van der Waals surface area (Å²) in [6.45, 7) is 8.05. The largest absolute Gasteiger partial charge is 0.462 e. The SMILES string of the molecule is CCN1CCN(S(=O)(=O)c2cc(CO)oc2C)CC1C. The molecule has 0 aliphatic carbocycles. The number of nitrogens with zero attached hydrogens (tertiary/aromatic N) is 2. The molecule has 20 heavy (non-hydrogen) atoms. The molecule has 0 amide bonds. The van der Waals surface area contributed by atoms with E-state index in [9.17, 15) is 8.42 Å². The maximum atomic E-state index is 12.6. The maximum absolute atomic E-state index is 12.6. The molecule has 6 nitrogen and oxygen atoms in total. The van der Waals surface area contributed by atoms with Gasteiger partial charge in [0, 0.05) is 31.7 Å². The average Bonchev–Trinajstić information content (AvgIpc) is 2.80. The van der Waals surface area contributed by atoms with Crippen LogP contribution in [0.2, 0.25) is 0 Å². The van der Waals surface area contributed by atoms with Crippen LogP contribution in [0.15, 0.2) is 15.4 Å². The highest BCUT2D eigenvalue weighted by atomic mass is 32.2. The zero-order chi connectivity index (χ0) is 14.9. The van der Waals surface area contributed by atoms with E-state index < -0.39 is 10.0 Å². The van der Waals surface area contributed by atoms with Gasteiger partial charge in [0.1, 0.15) is 23.0 Å². The van der Waals surface area contributed by atoms with E-state index in [0.717, 1.165) is 13.1 Å². The monoisotopic (exact) mass is 302 g/mol. The van der Waals surface area contributed by atoms with Gasteiger partial charge in [-0.05, 0) is 20.4 Å². The van der Waals surface area contributed by atoms with Gasteiger partial charge in [0.05, 0.1) is 0 Å². The molecule has 1 fully saturated rings. The van der Waals surface area contributed by atoms with Crippen LogP contribution < -0.4 is 0 Å². The molecule has 0 radical (unpaired) electrons. The molecule has 0 bridgehead atoms. The number of likely N-dealkylation sites (N-methyl/N-ethyl adjacent to an activating group) is 1. The molecule has 1 aliphatic heterocycles. The molecule has 2 rings (SSSR count). The molecule has 2 heterocycles. The van der Waals surface area contributed by atoms with Crippen LogP contribution in [0.3, 0.4) is 0 Å². The highest BCUT2D eigenvalue weighted by Crippen LogP contribution is 2.25. The van der Waals surface area contributed by atoms with Crippen LogP contribution in [-0.4, -0.2) is 55.0 Å². The van der Waals surface area contributed by atoms with Crippen molar-refractivity contribution in [1.29, 1.82) is 0 Å². The predicted molar refractivity (Wildman–Crippen MR) is 74.8 cm³/mol. The van der Waals surface area contributed by atoms with Crippen molar-refractivity contribution in [2.24, 2.45) is 0 Å². The standard InChI is InChI=1S/C13H22N2O4S/c1-4-14-5-6-15(8-10(14)2)20(17,18)13-7-12(9-16)19-11(13)3/h7,10,16H,4-6,8-9H2,1-3H3. The second-order valence-electron chi connectivity index (χ2n) is 5.13. The van der Waals surface area contributed by atoms with Crippen LogP contribution in [0, 0.1) is 6.92 Å². The number of rotatable bonds is 4. The molecule has 114 valence electrons. The highest BCUT2D eigenvalue weighted by Gasteiger charge is 2.33. The summed E-state index contributed by atoms with van der Waals surface area (Å²) < 4.78 is 32.0. The molecule has 1 atom stereocenters. The van der Waals surface area contributed by atoms with Gasteiger partial charge in [-0.15, -0.1) is 0 Å². The number of piperazine rings is 1. The Morgan fingerprint density at radius 2 is 2.15 bits per heavy atom. The molecule has 0 spiro atoms. The van der Waals surface area contributed by atoms with E-state index in [1.54, 1.807) is 6.92 Å². The normalized spacial score (nSPS) is 22.3. The molecule has 0 saturated carbocycles. The Bertz CT molecular complexity index is 567. The van der Waals surface area contributed by atoms with Gasteiger partial charge in [0.2, 0.25) is 10.0 Å². The number of aliphatic hydroxyl groups excluding tert-OH is 1. The van der Waals surface area contributed by atoms with E-state index in [2.05, 4.69) is 11.8 Å². The Hall–Kier alpha value is -0.890. The fourth-order valence-electron chi connectivity index (χ4n) is 2.65. The lowest BCUT2D eigenvalue weighted by atomic mass is 10.2. The number of aryl methyl sites for hydroxylation is 1. The minimum Gasteiger partial charge on any atom is -0.462 e. The number of furan rings is 1. The van der Waals surface area contributed by atoms with Crippen molar-refractivity contribution in [2.45, 2.75) is 38.3 Å². The Morgan fingerprint density at radius 1 is 1.45 bits per heavy atom. The molecule has 1 aromatic heterocycles. The van der Waals surface area contributed by atoms with Crippen molar-refractivity contribution in [3.63, 3.8) is 0 Å². The van der Waals surface area contributed by atoms with Gasteiger partial charge in [-0.1, -0.05) is 6.92 Å². The summed E-state index contributed by atoms with van der Waals surface area (Å²) in [6, 6.07) is 1.62. The Balaban J connectivity index is 2.25. The van der Waals surface area contributed by atoms with E-state index in [0.29, 0.717) is 18.8 Å². The van der Waals surface area contributed by atoms with Gasteiger partial charge in [0.25, 0.3) is 0 Å². The number of hydrogen-bond acceptors (Lipinski definition) is 5. The van der Waals surface area contributed by atoms with E-state index in [-0.39, 0.29) is 23.3 Å². The van der Waals surface area contributed by atoms with Crippen LogP contribution in [0.25, 0.3) is 0 Å². The molecule has 1 aromatic rings. The highest BCUT2D eigenvalue weighted by molar-refractivity contribution is 7.89. The van der Waals surface area contributed by atoms with Crippen molar-refractivity contribution in [2.75, 3.05) is 26.2 Å². The summed E-state index contributed by atoms with van der Waals surface area (Å²) in [4.78, 5) is 2.42. The summed E-state index contributed by atoms with van der Waals surface area (Å²) in [6.07, 6.45) is 0. The Labute approximate surface area is 120 Å². The Kier molecular flexibility index (Phi) is 4.53. The zero-order valence-electron chi connectivity index (χ0n) is 12.2. The Morgan fingerprint density at radius 3 is 2.65 bits per heavy atom. The maximum Gasteiger partial charge on any atom is 0.246 e. The fraction of sp³-hybridized carbons (Fsp3) is 0.692. The zero-order valence-corrected chi connectivity index (χ0v) is 13.0. The predicted octanol–water partition coefficient (Wildman–Crippen LogP) is 0.795. The summed E-state index contributed by atoms with van der Waals surface area (Å²) >= 11 is 0. The summed E-state index contributed by atoms with van der Waals surface area (Å²) in [5.74, 6) is 0.612. The van der Waals surface area contributed by atoms with Crippen LogP contribution in [0.1, 0.15) is 25.4 Å². The van der Waals surface area contributed by atoms with Gasteiger partial charge in [-0.25, -0.2) is 8.42 Å². The average molecular weight is 302 g/mol. The molecular weight excluding hydrogens is 280 g/mol. The van der Waals surface area contributed by atoms with E-state index in [1.807, 2.05) is 6.92 Å². The van der Waals surface area contributed by atoms with E-state index in [4.69, 9.17) is 9.52 Å². The molecule has 7 heteroatoms. The summed E-state index contributed by atoms with van der Waals surface area (Å²) in [7, 11) is -3.54. The minimum atomic E-state index is -3.54. The van der Waals surface area contributed by atoms with Gasteiger partial charge in [-0.3, -0.25) is 4.90 Å². The topological polar surface area (TPSA) is 74.0 Å². The third kappa shape index (κ3) is 2.76. The molecule has 1 saturated heterocycles. The van der Waals surface area contributed by atoms with Gasteiger partial charge in [-0.2, -0.15) is 4.31 Å². The van der Waals surface area contributed by atoms with E-state index >= 15 is 0 Å². The lowest BCUT2D eigenvalue weighted by Gasteiger charge is -2.38. The van der Waals surface area contributed by atoms with Crippen LogP contribution in [0.5, 0.6) is 0 Å². The van der Waals surface area contributed by atoms with Gasteiger partial charge >= 0.3 is 0 Å². The quantitative estimate of drug-likeness (QED) is 0.890. The van der Waals surface area contributed by atoms with E-state index in [1.165, 1.54) is 10.4 Å². The smallest absolute Gasteiger partial charge is 0.246 e. The van der Waals surface area contributed by atoms with Crippen LogP contribution >= 0.6 is 0 Å². The van der Waals surface area contributed by atoms with Crippen molar-refractivity contribution in [3.8, 4) is 0 Å². The third-order valence-corrected chi connectivity index (χ3v) is 5.80. The first-order chi connectivity index (χ1) is 9.40. The van der Waals surface area contributed by atoms with Crippen molar-refractivity contribution in [1.82, 2.24) is 9.21 Å². The van der Waals surface area contributed by atoms with Crippen molar-refractivity contribution in [3.05, 3.63) is 17.6 Å².